The predicted molar refractivity (Wildman–Crippen MR) is 67.3 cm³/mol. The van der Waals surface area contributed by atoms with Crippen molar-refractivity contribution in [2.45, 2.75) is 25.3 Å². The molecule has 96 valence electrons. The van der Waals surface area contributed by atoms with Gasteiger partial charge in [-0.05, 0) is 6.42 Å². The van der Waals surface area contributed by atoms with E-state index in [0.29, 0.717) is 6.04 Å². The van der Waals surface area contributed by atoms with Crippen LogP contribution in [0.2, 0.25) is 0 Å². The van der Waals surface area contributed by atoms with Gasteiger partial charge >= 0.3 is 0 Å². The van der Waals surface area contributed by atoms with E-state index < -0.39 is 0 Å². The van der Waals surface area contributed by atoms with Crippen LogP contribution < -0.4 is 5.32 Å². The summed E-state index contributed by atoms with van der Waals surface area (Å²) in [4.78, 5) is 4.39. The van der Waals surface area contributed by atoms with Crippen molar-refractivity contribution in [1.82, 2.24) is 15.5 Å². The molecule has 0 amide bonds. The number of nitrogens with one attached hydrogen (secondary N) is 1. The van der Waals surface area contributed by atoms with Gasteiger partial charge in [-0.2, -0.15) is 16.7 Å². The minimum atomic E-state index is 0.473. The van der Waals surface area contributed by atoms with Crippen molar-refractivity contribution in [2.24, 2.45) is 0 Å². The zero-order valence-electron chi connectivity index (χ0n) is 10.1. The van der Waals surface area contributed by atoms with Crippen LogP contribution in [0.15, 0.2) is 4.52 Å². The number of aromatic nitrogens is 2. The third kappa shape index (κ3) is 4.29. The average Bonchev–Trinajstić information content (AvgIpc) is 2.79. The Kier molecular flexibility index (Phi) is 5.28. The Morgan fingerprint density at radius 1 is 1.59 bits per heavy atom. The van der Waals surface area contributed by atoms with Crippen molar-refractivity contribution in [2.75, 3.05) is 31.8 Å². The van der Waals surface area contributed by atoms with E-state index in [1.54, 1.807) is 7.11 Å². The largest absolute Gasteiger partial charge is 0.385 e. The molecule has 17 heavy (non-hydrogen) atoms. The van der Waals surface area contributed by atoms with Crippen molar-refractivity contribution in [3.8, 4) is 0 Å². The highest BCUT2D eigenvalue weighted by atomic mass is 32.2. The average molecular weight is 257 g/mol. The van der Waals surface area contributed by atoms with Gasteiger partial charge in [0, 0.05) is 50.7 Å². The summed E-state index contributed by atoms with van der Waals surface area (Å²) >= 11 is 1.98. The second-order valence-electron chi connectivity index (χ2n) is 4.13. The van der Waals surface area contributed by atoms with E-state index in [1.165, 1.54) is 5.75 Å². The molecule has 1 aliphatic heterocycles. The van der Waals surface area contributed by atoms with Gasteiger partial charge in [-0.1, -0.05) is 5.16 Å². The number of hydrogen-bond acceptors (Lipinski definition) is 6. The highest BCUT2D eigenvalue weighted by molar-refractivity contribution is 7.99. The monoisotopic (exact) mass is 257 g/mol. The molecule has 1 saturated heterocycles. The summed E-state index contributed by atoms with van der Waals surface area (Å²) in [5.41, 5.74) is 0. The molecule has 0 aromatic carbocycles. The number of aryl methyl sites for hydroxylation is 1. The third-order valence-corrected chi connectivity index (χ3v) is 3.81. The fourth-order valence-electron chi connectivity index (χ4n) is 1.81. The molecule has 0 radical (unpaired) electrons. The number of thioether (sulfide) groups is 1. The number of ether oxygens (including phenoxy) is 1. The lowest BCUT2D eigenvalue weighted by molar-refractivity contribution is 0.194. The van der Waals surface area contributed by atoms with Crippen LogP contribution in [-0.4, -0.2) is 47.9 Å². The SMILES string of the molecule is COCCCc1noc(CC2CSCCN2)n1. The van der Waals surface area contributed by atoms with Crippen molar-refractivity contribution in [3.63, 3.8) is 0 Å². The van der Waals surface area contributed by atoms with Crippen LogP contribution >= 0.6 is 11.8 Å². The summed E-state index contributed by atoms with van der Waals surface area (Å²) in [6.45, 7) is 1.81. The molecule has 2 heterocycles. The Hall–Kier alpha value is -0.590. The fourth-order valence-corrected chi connectivity index (χ4v) is 2.76. The zero-order valence-corrected chi connectivity index (χ0v) is 11.0. The summed E-state index contributed by atoms with van der Waals surface area (Å²) in [7, 11) is 1.70. The van der Waals surface area contributed by atoms with E-state index in [4.69, 9.17) is 9.26 Å². The maximum absolute atomic E-state index is 5.25. The molecular formula is C11H19N3O2S. The van der Waals surface area contributed by atoms with Crippen LogP contribution in [0.4, 0.5) is 0 Å². The quantitative estimate of drug-likeness (QED) is 0.764. The van der Waals surface area contributed by atoms with Gasteiger partial charge in [0.25, 0.3) is 0 Å². The van der Waals surface area contributed by atoms with E-state index in [1.807, 2.05) is 11.8 Å². The predicted octanol–water partition coefficient (Wildman–Crippen LogP) is 0.896. The first kappa shape index (κ1) is 12.9. The third-order valence-electron chi connectivity index (χ3n) is 2.68. The molecule has 0 bridgehead atoms. The molecule has 1 N–H and O–H groups in total. The lowest BCUT2D eigenvalue weighted by atomic mass is 10.2. The standard InChI is InChI=1S/C11H19N3O2S/c1-15-5-2-3-10-13-11(16-14-10)7-9-8-17-6-4-12-9/h9,12H,2-8H2,1H3. The van der Waals surface area contributed by atoms with E-state index in [2.05, 4.69) is 15.5 Å². The molecule has 1 aromatic heterocycles. The van der Waals surface area contributed by atoms with Gasteiger partial charge in [0.1, 0.15) is 0 Å². The summed E-state index contributed by atoms with van der Waals surface area (Å²) in [5, 5.41) is 7.44. The van der Waals surface area contributed by atoms with Crippen LogP contribution in [0.3, 0.4) is 0 Å². The van der Waals surface area contributed by atoms with E-state index in [0.717, 1.165) is 49.9 Å². The van der Waals surface area contributed by atoms with Crippen LogP contribution in [0, 0.1) is 0 Å². The topological polar surface area (TPSA) is 60.2 Å². The molecule has 1 atom stereocenters. The number of rotatable bonds is 6. The molecule has 6 heteroatoms. The van der Waals surface area contributed by atoms with Gasteiger partial charge in [-0.25, -0.2) is 0 Å². The van der Waals surface area contributed by atoms with E-state index >= 15 is 0 Å². The van der Waals surface area contributed by atoms with Gasteiger partial charge in [-0.15, -0.1) is 0 Å². The molecule has 2 rings (SSSR count). The van der Waals surface area contributed by atoms with Crippen LogP contribution in [-0.2, 0) is 17.6 Å². The Morgan fingerprint density at radius 2 is 2.53 bits per heavy atom. The molecule has 0 aliphatic carbocycles. The first-order valence-corrected chi connectivity index (χ1v) is 7.15. The highest BCUT2D eigenvalue weighted by Crippen LogP contribution is 2.11. The van der Waals surface area contributed by atoms with Gasteiger partial charge in [0.05, 0.1) is 0 Å². The lowest BCUT2D eigenvalue weighted by Crippen LogP contribution is -2.38. The fraction of sp³-hybridized carbons (Fsp3) is 0.818. The molecular weight excluding hydrogens is 238 g/mol. The molecule has 1 fully saturated rings. The van der Waals surface area contributed by atoms with E-state index in [-0.39, 0.29) is 0 Å². The summed E-state index contributed by atoms with van der Waals surface area (Å²) in [6, 6.07) is 0.473. The van der Waals surface area contributed by atoms with Crippen molar-refractivity contribution in [3.05, 3.63) is 11.7 Å². The second kappa shape index (κ2) is 6.98. The van der Waals surface area contributed by atoms with Crippen LogP contribution in [0.5, 0.6) is 0 Å². The summed E-state index contributed by atoms with van der Waals surface area (Å²) in [6.07, 6.45) is 2.60. The van der Waals surface area contributed by atoms with Crippen LogP contribution in [0.1, 0.15) is 18.1 Å². The van der Waals surface area contributed by atoms with Crippen molar-refractivity contribution in [1.29, 1.82) is 0 Å². The zero-order chi connectivity index (χ0) is 11.9. The van der Waals surface area contributed by atoms with Gasteiger partial charge in [0.15, 0.2) is 5.82 Å². The molecule has 1 unspecified atom stereocenters. The van der Waals surface area contributed by atoms with Gasteiger partial charge in [0.2, 0.25) is 5.89 Å². The Labute approximate surface area is 106 Å². The lowest BCUT2D eigenvalue weighted by Gasteiger charge is -2.21. The van der Waals surface area contributed by atoms with Crippen molar-refractivity contribution >= 4 is 11.8 Å². The molecule has 1 aromatic rings. The first-order valence-electron chi connectivity index (χ1n) is 6.00. The van der Waals surface area contributed by atoms with Gasteiger partial charge < -0.3 is 14.6 Å². The van der Waals surface area contributed by atoms with Crippen molar-refractivity contribution < 1.29 is 9.26 Å². The Morgan fingerprint density at radius 3 is 3.29 bits per heavy atom. The number of hydrogen-bond donors (Lipinski definition) is 1. The normalized spacial score (nSPS) is 20.6. The maximum Gasteiger partial charge on any atom is 0.228 e. The molecule has 0 spiro atoms. The summed E-state index contributed by atoms with van der Waals surface area (Å²) < 4.78 is 10.2. The van der Waals surface area contributed by atoms with E-state index in [9.17, 15) is 0 Å². The maximum atomic E-state index is 5.25. The first-order chi connectivity index (χ1) is 8.38. The molecule has 5 nitrogen and oxygen atoms in total. The molecule has 0 saturated carbocycles. The Bertz CT molecular complexity index is 326. The Balaban J connectivity index is 1.76. The smallest absolute Gasteiger partial charge is 0.228 e. The highest BCUT2D eigenvalue weighted by Gasteiger charge is 2.16. The second-order valence-corrected chi connectivity index (χ2v) is 5.28. The summed E-state index contributed by atoms with van der Waals surface area (Å²) in [5.74, 6) is 3.86. The van der Waals surface area contributed by atoms with Crippen LogP contribution in [0.25, 0.3) is 0 Å². The van der Waals surface area contributed by atoms with Gasteiger partial charge in [-0.3, -0.25) is 0 Å². The number of methoxy groups -OCH3 is 1. The number of nitrogens with zero attached hydrogens (tertiary/aromatic N) is 2. The minimum Gasteiger partial charge on any atom is -0.385 e. The minimum absolute atomic E-state index is 0.473. The molecule has 1 aliphatic rings.